The van der Waals surface area contributed by atoms with Crippen molar-refractivity contribution >= 4 is 33.2 Å². The van der Waals surface area contributed by atoms with E-state index in [0.29, 0.717) is 29.0 Å². The first-order valence-corrected chi connectivity index (χ1v) is 12.5. The number of halogens is 2. The van der Waals surface area contributed by atoms with Crippen LogP contribution in [0.1, 0.15) is 48.8 Å². The number of ether oxygens (including phenoxy) is 1. The number of hydrogen-bond donors (Lipinski definition) is 1. The number of sulfonamides is 1. The molecule has 2 aromatic rings. The minimum absolute atomic E-state index is 0.140. The van der Waals surface area contributed by atoms with Gasteiger partial charge in [0.05, 0.1) is 5.75 Å². The van der Waals surface area contributed by atoms with Gasteiger partial charge in [-0.15, -0.1) is 0 Å². The molecule has 0 bridgehead atoms. The zero-order valence-electron chi connectivity index (χ0n) is 16.6. The molecule has 0 saturated heterocycles. The van der Waals surface area contributed by atoms with Gasteiger partial charge in [-0.1, -0.05) is 42.3 Å². The molecule has 1 atom stereocenters. The largest absolute Gasteiger partial charge is 0.492 e. The van der Waals surface area contributed by atoms with E-state index in [1.165, 1.54) is 11.1 Å². The number of benzene rings is 2. The summed E-state index contributed by atoms with van der Waals surface area (Å²) in [5, 5.41) is 1.35. The van der Waals surface area contributed by atoms with E-state index in [2.05, 4.69) is 16.9 Å². The van der Waals surface area contributed by atoms with Crippen molar-refractivity contribution in [1.82, 2.24) is 4.72 Å². The van der Waals surface area contributed by atoms with Crippen LogP contribution in [0.3, 0.4) is 0 Å². The molecule has 29 heavy (non-hydrogen) atoms. The summed E-state index contributed by atoms with van der Waals surface area (Å²) >= 11 is 12.4. The van der Waals surface area contributed by atoms with Gasteiger partial charge in [-0.2, -0.15) is 0 Å². The summed E-state index contributed by atoms with van der Waals surface area (Å²) in [7, 11) is -3.20. The monoisotopic (exact) mass is 455 g/mol. The Morgan fingerprint density at radius 3 is 2.76 bits per heavy atom. The Morgan fingerprint density at radius 1 is 1.17 bits per heavy atom. The highest BCUT2D eigenvalue weighted by atomic mass is 35.5. The second-order valence-corrected chi connectivity index (χ2v) is 10.2. The van der Waals surface area contributed by atoms with Crippen molar-refractivity contribution in [3.8, 4) is 5.75 Å². The molecule has 1 aliphatic carbocycles. The minimum atomic E-state index is -3.20. The molecule has 0 amide bonds. The van der Waals surface area contributed by atoms with E-state index < -0.39 is 10.0 Å². The second-order valence-electron chi connectivity index (χ2n) is 7.45. The lowest BCUT2D eigenvalue weighted by atomic mass is 9.79. The molecule has 1 unspecified atom stereocenters. The lowest BCUT2D eigenvalue weighted by Gasteiger charge is -2.26. The number of nitrogens with one attached hydrogen (secondary N) is 1. The van der Waals surface area contributed by atoms with Crippen LogP contribution in [0.4, 0.5) is 0 Å². The summed E-state index contributed by atoms with van der Waals surface area (Å²) in [6.07, 6.45) is 4.79. The zero-order valence-corrected chi connectivity index (χ0v) is 18.9. The molecule has 0 aliphatic heterocycles. The van der Waals surface area contributed by atoms with E-state index in [0.717, 1.165) is 37.0 Å². The van der Waals surface area contributed by atoms with E-state index >= 15 is 0 Å². The normalized spacial score (nSPS) is 16.4. The summed E-state index contributed by atoms with van der Waals surface area (Å²) in [5.41, 5.74) is 3.75. The molecule has 158 valence electrons. The Kier molecular flexibility index (Phi) is 7.85. The summed E-state index contributed by atoms with van der Waals surface area (Å²) in [5.74, 6) is 1.29. The average Bonchev–Trinajstić information content (AvgIpc) is 2.67. The first-order valence-electron chi connectivity index (χ1n) is 10.0. The van der Waals surface area contributed by atoms with Crippen LogP contribution in [0.15, 0.2) is 36.4 Å². The molecule has 0 fully saturated rings. The first-order chi connectivity index (χ1) is 13.9. The minimum Gasteiger partial charge on any atom is -0.492 e. The van der Waals surface area contributed by atoms with E-state index in [-0.39, 0.29) is 12.3 Å². The average molecular weight is 456 g/mol. The standard InChI is InChI=1S/C22H27Cl2NO3S/c1-2-12-29(26,27)25-10-11-28-20-9-7-16-4-3-5-17(21(16)15-20)13-18-6-8-19(23)14-22(18)24/h6-9,14-15,17,25H,2-5,10-13H2,1H3. The van der Waals surface area contributed by atoms with Gasteiger partial charge in [-0.05, 0) is 79.0 Å². The molecule has 4 nitrogen and oxygen atoms in total. The molecular formula is C22H27Cl2NO3S. The van der Waals surface area contributed by atoms with Crippen LogP contribution < -0.4 is 9.46 Å². The van der Waals surface area contributed by atoms with Crippen molar-refractivity contribution in [2.75, 3.05) is 18.9 Å². The molecule has 0 radical (unpaired) electrons. The van der Waals surface area contributed by atoms with Gasteiger partial charge in [-0.25, -0.2) is 13.1 Å². The Labute approximate surface area is 183 Å². The number of hydrogen-bond acceptors (Lipinski definition) is 3. The van der Waals surface area contributed by atoms with Gasteiger partial charge in [0, 0.05) is 16.6 Å². The molecule has 0 heterocycles. The van der Waals surface area contributed by atoms with Gasteiger partial charge >= 0.3 is 0 Å². The lowest BCUT2D eigenvalue weighted by molar-refractivity contribution is 0.321. The van der Waals surface area contributed by atoms with Gasteiger partial charge in [0.25, 0.3) is 0 Å². The van der Waals surface area contributed by atoms with Crippen molar-refractivity contribution in [2.24, 2.45) is 0 Å². The molecular weight excluding hydrogens is 429 g/mol. The third-order valence-corrected chi connectivity index (χ3v) is 7.38. The fraction of sp³-hybridized carbons (Fsp3) is 0.455. The second kappa shape index (κ2) is 10.2. The van der Waals surface area contributed by atoms with Crippen LogP contribution in [0, 0.1) is 0 Å². The highest BCUT2D eigenvalue weighted by molar-refractivity contribution is 7.89. The maximum absolute atomic E-state index is 11.7. The third-order valence-electron chi connectivity index (χ3n) is 5.20. The van der Waals surface area contributed by atoms with Crippen LogP contribution in [0.25, 0.3) is 0 Å². The summed E-state index contributed by atoms with van der Waals surface area (Å²) in [6, 6.07) is 11.9. The van der Waals surface area contributed by atoms with Gasteiger partial charge in [-0.3, -0.25) is 0 Å². The maximum Gasteiger partial charge on any atom is 0.211 e. The summed E-state index contributed by atoms with van der Waals surface area (Å²) in [4.78, 5) is 0. The van der Waals surface area contributed by atoms with Crippen LogP contribution >= 0.6 is 23.2 Å². The SMILES string of the molecule is CCCS(=O)(=O)NCCOc1ccc2c(c1)C(Cc1ccc(Cl)cc1Cl)CCC2. The van der Waals surface area contributed by atoms with Crippen LogP contribution in [-0.2, 0) is 22.9 Å². The van der Waals surface area contributed by atoms with Crippen LogP contribution in [-0.4, -0.2) is 27.3 Å². The highest BCUT2D eigenvalue weighted by Crippen LogP contribution is 2.37. The topological polar surface area (TPSA) is 55.4 Å². The first kappa shape index (κ1) is 22.4. The van der Waals surface area contributed by atoms with Crippen molar-refractivity contribution in [3.05, 3.63) is 63.1 Å². The molecule has 3 rings (SSSR count). The Morgan fingerprint density at radius 2 is 2.00 bits per heavy atom. The van der Waals surface area contributed by atoms with Gasteiger partial charge in [0.1, 0.15) is 12.4 Å². The fourth-order valence-corrected chi connectivity index (χ4v) is 5.40. The molecule has 2 aromatic carbocycles. The number of fused-ring (bicyclic) bond motifs is 1. The molecule has 0 spiro atoms. The van der Waals surface area contributed by atoms with Gasteiger partial charge in [0.15, 0.2) is 0 Å². The molecule has 7 heteroatoms. The van der Waals surface area contributed by atoms with Gasteiger partial charge < -0.3 is 4.74 Å². The smallest absolute Gasteiger partial charge is 0.211 e. The Balaban J connectivity index is 1.65. The zero-order chi connectivity index (χ0) is 20.9. The Bertz CT molecular complexity index is 947. The highest BCUT2D eigenvalue weighted by Gasteiger charge is 2.22. The lowest BCUT2D eigenvalue weighted by Crippen LogP contribution is -2.30. The van der Waals surface area contributed by atoms with E-state index in [4.69, 9.17) is 27.9 Å². The summed E-state index contributed by atoms with van der Waals surface area (Å²) in [6.45, 7) is 2.41. The quantitative estimate of drug-likeness (QED) is 0.517. The molecule has 0 saturated carbocycles. The van der Waals surface area contributed by atoms with E-state index in [9.17, 15) is 8.42 Å². The van der Waals surface area contributed by atoms with E-state index in [1.54, 1.807) is 6.07 Å². The Hall–Kier alpha value is -1.27. The predicted octanol–water partition coefficient (Wildman–Crippen LogP) is 5.36. The summed E-state index contributed by atoms with van der Waals surface area (Å²) < 4.78 is 31.8. The van der Waals surface area contributed by atoms with Crippen molar-refractivity contribution < 1.29 is 13.2 Å². The van der Waals surface area contributed by atoms with Crippen molar-refractivity contribution in [1.29, 1.82) is 0 Å². The molecule has 1 aliphatic rings. The van der Waals surface area contributed by atoms with Crippen molar-refractivity contribution in [3.63, 3.8) is 0 Å². The van der Waals surface area contributed by atoms with Gasteiger partial charge in [0.2, 0.25) is 10.0 Å². The third kappa shape index (κ3) is 6.35. The van der Waals surface area contributed by atoms with Crippen LogP contribution in [0.2, 0.25) is 10.0 Å². The fourth-order valence-electron chi connectivity index (χ4n) is 3.84. The number of aryl methyl sites for hydroxylation is 1. The van der Waals surface area contributed by atoms with E-state index in [1.807, 2.05) is 25.1 Å². The predicted molar refractivity (Wildman–Crippen MR) is 120 cm³/mol. The van der Waals surface area contributed by atoms with Crippen molar-refractivity contribution in [2.45, 2.75) is 44.9 Å². The molecule has 0 aromatic heterocycles. The number of rotatable bonds is 9. The van der Waals surface area contributed by atoms with Crippen LogP contribution in [0.5, 0.6) is 5.75 Å². The molecule has 1 N–H and O–H groups in total. The maximum atomic E-state index is 11.7.